The zero-order valence-corrected chi connectivity index (χ0v) is 18.6. The fourth-order valence-electron chi connectivity index (χ4n) is 3.47. The van der Waals surface area contributed by atoms with Gasteiger partial charge in [0.2, 0.25) is 11.6 Å². The Morgan fingerprint density at radius 3 is 2.29 bits per heavy atom. The van der Waals surface area contributed by atoms with Crippen molar-refractivity contribution in [2.45, 2.75) is 0 Å². The van der Waals surface area contributed by atoms with Gasteiger partial charge < -0.3 is 18.6 Å². The molecule has 0 N–H and O–H groups in total. The number of hydrogen-bond acceptors (Lipinski definition) is 8. The van der Waals surface area contributed by atoms with Crippen LogP contribution in [0.5, 0.6) is 17.2 Å². The number of Topliss-reactive ketones (excluding diaryl/α,β-unsaturated/α-hetero) is 1. The molecule has 172 valence electrons. The van der Waals surface area contributed by atoms with E-state index >= 15 is 0 Å². The lowest BCUT2D eigenvalue weighted by molar-refractivity contribution is -0.384. The summed E-state index contributed by atoms with van der Waals surface area (Å²) in [6.45, 7) is 0. The highest BCUT2D eigenvalue weighted by Gasteiger charge is 2.24. The number of allylic oxidation sites excluding steroid dienone is 1. The maximum absolute atomic E-state index is 13.7. The summed E-state index contributed by atoms with van der Waals surface area (Å²) in [5.74, 6) is 0.575. The van der Waals surface area contributed by atoms with Crippen molar-refractivity contribution >= 4 is 34.2 Å². The molecule has 0 saturated heterocycles. The van der Waals surface area contributed by atoms with Crippen molar-refractivity contribution in [1.29, 1.82) is 0 Å². The summed E-state index contributed by atoms with van der Waals surface area (Å²) in [5, 5.41) is 11.2. The molecule has 9 nitrogen and oxygen atoms in total. The number of fused-ring (bicyclic) bond motifs is 1. The van der Waals surface area contributed by atoms with Crippen LogP contribution in [0.2, 0.25) is 0 Å². The van der Waals surface area contributed by atoms with Gasteiger partial charge in [-0.25, -0.2) is 4.98 Å². The quantitative estimate of drug-likeness (QED) is 0.153. The molecule has 3 aromatic carbocycles. The summed E-state index contributed by atoms with van der Waals surface area (Å²) in [6, 6.07) is 16.1. The number of hydrogen-bond donors (Lipinski definition) is 0. The van der Waals surface area contributed by atoms with Crippen LogP contribution >= 0.6 is 0 Å². The summed E-state index contributed by atoms with van der Waals surface area (Å²) in [7, 11) is 4.37. The normalized spacial score (nSPS) is 11.3. The third-order valence-electron chi connectivity index (χ3n) is 5.09. The number of methoxy groups -OCH3 is 3. The van der Waals surface area contributed by atoms with Crippen molar-refractivity contribution in [3.8, 4) is 17.2 Å². The number of nitrogens with zero attached hydrogens (tertiary/aromatic N) is 2. The van der Waals surface area contributed by atoms with Gasteiger partial charge in [0.15, 0.2) is 22.9 Å². The summed E-state index contributed by atoms with van der Waals surface area (Å²) in [5.41, 5.74) is 1.73. The minimum atomic E-state index is -0.503. The van der Waals surface area contributed by atoms with E-state index in [1.807, 2.05) is 0 Å². The summed E-state index contributed by atoms with van der Waals surface area (Å²) in [6.07, 6.45) is 1.50. The van der Waals surface area contributed by atoms with E-state index in [1.165, 1.54) is 57.7 Å². The van der Waals surface area contributed by atoms with Crippen LogP contribution in [-0.2, 0) is 0 Å². The van der Waals surface area contributed by atoms with Crippen LogP contribution in [0.25, 0.3) is 22.7 Å². The van der Waals surface area contributed by atoms with Gasteiger partial charge in [-0.2, -0.15) is 0 Å². The third-order valence-corrected chi connectivity index (χ3v) is 5.09. The van der Waals surface area contributed by atoms with E-state index in [4.69, 9.17) is 18.6 Å². The Labute approximate surface area is 194 Å². The predicted molar refractivity (Wildman–Crippen MR) is 125 cm³/mol. The summed E-state index contributed by atoms with van der Waals surface area (Å²) < 4.78 is 21.9. The molecule has 9 heteroatoms. The SMILES string of the molecule is COc1cc(C(=O)/C(=C\c2cccc([N+](=O)[O-])c2)c2nc3ccccc3o2)cc(OC)c1OC. The average molecular weight is 460 g/mol. The molecule has 0 spiro atoms. The zero-order chi connectivity index (χ0) is 24.2. The second kappa shape index (κ2) is 9.45. The van der Waals surface area contributed by atoms with Crippen LogP contribution in [0.15, 0.2) is 65.1 Å². The summed E-state index contributed by atoms with van der Waals surface area (Å²) in [4.78, 5) is 28.9. The van der Waals surface area contributed by atoms with E-state index in [0.717, 1.165) is 0 Å². The number of benzene rings is 3. The highest BCUT2D eigenvalue weighted by molar-refractivity contribution is 6.32. The van der Waals surface area contributed by atoms with E-state index in [-0.39, 0.29) is 22.7 Å². The number of nitro groups is 1. The van der Waals surface area contributed by atoms with Gasteiger partial charge in [-0.05, 0) is 35.9 Å². The number of carbonyl (C=O) groups excluding carboxylic acids is 1. The molecule has 0 amide bonds. The standard InChI is InChI=1S/C25H20N2O7/c1-31-21-13-16(14-22(32-2)24(21)33-3)23(28)18(12-15-7-6-8-17(11-15)27(29)30)25-26-19-9-4-5-10-20(19)34-25/h4-14H,1-3H3/b18-12+. The topological polar surface area (TPSA) is 114 Å². The Balaban J connectivity index is 1.90. The number of ketones is 1. The molecule has 1 aromatic heterocycles. The number of carbonyl (C=O) groups is 1. The number of nitro benzene ring substituents is 1. The molecule has 0 aliphatic heterocycles. The summed E-state index contributed by atoms with van der Waals surface area (Å²) >= 11 is 0. The first-order chi connectivity index (χ1) is 16.4. The van der Waals surface area contributed by atoms with Gasteiger partial charge in [0.05, 0.1) is 31.8 Å². The van der Waals surface area contributed by atoms with Gasteiger partial charge in [-0.15, -0.1) is 0 Å². The molecule has 0 saturated carbocycles. The highest BCUT2D eigenvalue weighted by atomic mass is 16.6. The van der Waals surface area contributed by atoms with Crippen LogP contribution in [0.4, 0.5) is 5.69 Å². The van der Waals surface area contributed by atoms with Crippen LogP contribution in [0.1, 0.15) is 21.8 Å². The smallest absolute Gasteiger partial charge is 0.270 e. The van der Waals surface area contributed by atoms with Gasteiger partial charge in [-0.1, -0.05) is 24.3 Å². The van der Waals surface area contributed by atoms with Crippen molar-refractivity contribution < 1.29 is 28.3 Å². The van der Waals surface area contributed by atoms with Gasteiger partial charge in [0, 0.05) is 17.7 Å². The average Bonchev–Trinajstić information content (AvgIpc) is 3.30. The number of aromatic nitrogens is 1. The number of non-ortho nitro benzene ring substituents is 1. The molecular weight excluding hydrogens is 440 g/mol. The van der Waals surface area contributed by atoms with E-state index in [0.29, 0.717) is 33.9 Å². The van der Waals surface area contributed by atoms with Gasteiger partial charge in [0.25, 0.3) is 5.69 Å². The Bertz CT molecular complexity index is 1360. The molecule has 0 unspecified atom stereocenters. The van der Waals surface area contributed by atoms with E-state index in [1.54, 1.807) is 30.3 Å². The zero-order valence-electron chi connectivity index (χ0n) is 18.6. The Kier molecular flexibility index (Phi) is 6.26. The maximum atomic E-state index is 13.7. The minimum Gasteiger partial charge on any atom is -0.493 e. The number of ether oxygens (including phenoxy) is 3. The number of oxazole rings is 1. The molecule has 0 atom stereocenters. The van der Waals surface area contributed by atoms with Crippen molar-refractivity contribution in [2.75, 3.05) is 21.3 Å². The fourth-order valence-corrected chi connectivity index (χ4v) is 3.47. The highest BCUT2D eigenvalue weighted by Crippen LogP contribution is 2.39. The Morgan fingerprint density at radius 1 is 0.971 bits per heavy atom. The number of rotatable bonds is 8. The Morgan fingerprint density at radius 2 is 1.68 bits per heavy atom. The second-order valence-corrected chi connectivity index (χ2v) is 7.14. The lowest BCUT2D eigenvalue weighted by Gasteiger charge is -2.14. The van der Waals surface area contributed by atoms with E-state index < -0.39 is 10.7 Å². The predicted octanol–water partition coefficient (Wildman–Crippen LogP) is 5.19. The van der Waals surface area contributed by atoms with Gasteiger partial charge >= 0.3 is 0 Å². The molecule has 4 rings (SSSR count). The fraction of sp³-hybridized carbons (Fsp3) is 0.120. The molecule has 0 aliphatic carbocycles. The molecule has 34 heavy (non-hydrogen) atoms. The Hall–Kier alpha value is -4.66. The molecule has 1 heterocycles. The van der Waals surface area contributed by atoms with Crippen LogP contribution in [0, 0.1) is 10.1 Å². The van der Waals surface area contributed by atoms with Crippen LogP contribution < -0.4 is 14.2 Å². The monoisotopic (exact) mass is 460 g/mol. The third kappa shape index (κ3) is 4.31. The minimum absolute atomic E-state index is 0.0754. The molecule has 0 fully saturated rings. The lowest BCUT2D eigenvalue weighted by atomic mass is 9.99. The first-order valence-corrected chi connectivity index (χ1v) is 10.1. The van der Waals surface area contributed by atoms with Crippen molar-refractivity contribution in [1.82, 2.24) is 4.98 Å². The lowest BCUT2D eigenvalue weighted by Crippen LogP contribution is -2.06. The van der Waals surface area contributed by atoms with Crippen LogP contribution in [-0.4, -0.2) is 37.0 Å². The molecule has 0 aliphatic rings. The largest absolute Gasteiger partial charge is 0.493 e. The van der Waals surface area contributed by atoms with Gasteiger partial charge in [-0.3, -0.25) is 14.9 Å². The van der Waals surface area contributed by atoms with Crippen molar-refractivity contribution in [2.24, 2.45) is 0 Å². The van der Waals surface area contributed by atoms with E-state index in [9.17, 15) is 14.9 Å². The van der Waals surface area contributed by atoms with Crippen molar-refractivity contribution in [3.63, 3.8) is 0 Å². The maximum Gasteiger partial charge on any atom is 0.270 e. The molecular formula is C25H20N2O7. The molecule has 0 radical (unpaired) electrons. The van der Waals surface area contributed by atoms with Crippen molar-refractivity contribution in [3.05, 3.63) is 87.8 Å². The second-order valence-electron chi connectivity index (χ2n) is 7.14. The first-order valence-electron chi connectivity index (χ1n) is 10.1. The van der Waals surface area contributed by atoms with Gasteiger partial charge in [0.1, 0.15) is 5.52 Å². The first kappa shape index (κ1) is 22.5. The van der Waals surface area contributed by atoms with Crippen LogP contribution in [0.3, 0.4) is 0 Å². The number of para-hydroxylation sites is 2. The van der Waals surface area contributed by atoms with E-state index in [2.05, 4.69) is 4.98 Å². The molecule has 4 aromatic rings. The molecule has 0 bridgehead atoms.